The summed E-state index contributed by atoms with van der Waals surface area (Å²) in [6.45, 7) is 0.755. The number of anilines is 2. The molecule has 4 rings (SSSR count). The highest BCUT2D eigenvalue weighted by atomic mass is 35.5. The van der Waals surface area contributed by atoms with Gasteiger partial charge in [-0.25, -0.2) is 0 Å². The molecule has 0 bridgehead atoms. The van der Waals surface area contributed by atoms with Crippen LogP contribution in [0.3, 0.4) is 0 Å². The minimum atomic E-state index is 0.750. The van der Waals surface area contributed by atoms with Gasteiger partial charge in [-0.15, -0.1) is 0 Å². The number of hydrogen-bond acceptors (Lipinski definition) is 2. The highest BCUT2D eigenvalue weighted by molar-refractivity contribution is 7.99. The van der Waals surface area contributed by atoms with Crippen LogP contribution in [0.25, 0.3) is 0 Å². The van der Waals surface area contributed by atoms with E-state index in [9.17, 15) is 0 Å². The van der Waals surface area contributed by atoms with E-state index in [0.29, 0.717) is 0 Å². The Labute approximate surface area is 149 Å². The molecule has 23 heavy (non-hydrogen) atoms. The zero-order chi connectivity index (χ0) is 15.8. The first-order chi connectivity index (χ1) is 11.2. The number of rotatable bonds is 2. The molecule has 0 amide bonds. The summed E-state index contributed by atoms with van der Waals surface area (Å²) in [6, 6.07) is 22.5. The third-order valence-corrected chi connectivity index (χ3v) is 5.42. The molecule has 3 aromatic rings. The summed E-state index contributed by atoms with van der Waals surface area (Å²) >= 11 is 14.2. The first-order valence-corrected chi connectivity index (χ1v) is 8.86. The highest BCUT2D eigenvalue weighted by Crippen LogP contribution is 2.49. The minimum Gasteiger partial charge on any atom is -0.335 e. The summed E-state index contributed by atoms with van der Waals surface area (Å²) in [7, 11) is 0. The molecule has 0 aliphatic carbocycles. The van der Waals surface area contributed by atoms with Gasteiger partial charge in [-0.3, -0.25) is 0 Å². The third-order valence-electron chi connectivity index (χ3n) is 3.82. The quantitative estimate of drug-likeness (QED) is 0.496. The number of nitrogens with zero attached hydrogens (tertiary/aromatic N) is 1. The molecule has 1 nitrogen and oxygen atoms in total. The lowest BCUT2D eigenvalue weighted by molar-refractivity contribution is 0.938. The van der Waals surface area contributed by atoms with Crippen molar-refractivity contribution in [3.05, 3.63) is 82.3 Å². The average molecular weight is 358 g/mol. The van der Waals surface area contributed by atoms with Gasteiger partial charge in [0.05, 0.1) is 11.4 Å². The second-order valence-electron chi connectivity index (χ2n) is 5.40. The lowest BCUT2D eigenvalue weighted by atomic mass is 10.1. The maximum absolute atomic E-state index is 6.24. The molecule has 0 aromatic heterocycles. The number of halogens is 2. The van der Waals surface area contributed by atoms with Crippen LogP contribution in [0.2, 0.25) is 10.0 Å². The average Bonchev–Trinajstić information content (AvgIpc) is 2.55. The van der Waals surface area contributed by atoms with Crippen LogP contribution >= 0.6 is 35.0 Å². The summed E-state index contributed by atoms with van der Waals surface area (Å²) < 4.78 is 0. The number of benzene rings is 3. The fourth-order valence-electron chi connectivity index (χ4n) is 2.79. The molecule has 0 saturated carbocycles. The zero-order valence-corrected chi connectivity index (χ0v) is 14.5. The standard InChI is InChI=1S/C19H13Cl2NS/c20-14-5-3-4-13(10-14)12-22-16-6-1-2-7-18(16)23-19-9-8-15(21)11-17(19)22/h1-11H,12H2. The fourth-order valence-corrected chi connectivity index (χ4v) is 4.25. The van der Waals surface area contributed by atoms with Crippen LogP contribution in [0.5, 0.6) is 0 Å². The first kappa shape index (κ1) is 14.9. The molecular weight excluding hydrogens is 345 g/mol. The van der Waals surface area contributed by atoms with E-state index in [1.165, 1.54) is 21.0 Å². The Morgan fingerprint density at radius 2 is 1.52 bits per heavy atom. The molecular formula is C19H13Cl2NS. The van der Waals surface area contributed by atoms with Crippen molar-refractivity contribution in [1.82, 2.24) is 0 Å². The number of para-hydroxylation sites is 1. The van der Waals surface area contributed by atoms with Crippen molar-refractivity contribution in [1.29, 1.82) is 0 Å². The van der Waals surface area contributed by atoms with E-state index < -0.39 is 0 Å². The van der Waals surface area contributed by atoms with Gasteiger partial charge in [0.1, 0.15) is 0 Å². The summed E-state index contributed by atoms with van der Waals surface area (Å²) in [5.74, 6) is 0. The summed E-state index contributed by atoms with van der Waals surface area (Å²) in [4.78, 5) is 4.78. The Balaban J connectivity index is 1.83. The van der Waals surface area contributed by atoms with Gasteiger partial charge in [0.2, 0.25) is 0 Å². The van der Waals surface area contributed by atoms with Crippen molar-refractivity contribution >= 4 is 46.3 Å². The number of hydrogen-bond donors (Lipinski definition) is 0. The maximum atomic E-state index is 6.24. The van der Waals surface area contributed by atoms with E-state index in [1.807, 2.05) is 30.3 Å². The van der Waals surface area contributed by atoms with Crippen LogP contribution in [-0.2, 0) is 6.54 Å². The molecule has 3 aromatic carbocycles. The molecule has 0 atom stereocenters. The molecule has 0 spiro atoms. The van der Waals surface area contributed by atoms with Gasteiger partial charge in [0.25, 0.3) is 0 Å². The Morgan fingerprint density at radius 3 is 2.39 bits per heavy atom. The van der Waals surface area contributed by atoms with Gasteiger partial charge in [0, 0.05) is 26.4 Å². The van der Waals surface area contributed by atoms with Gasteiger partial charge < -0.3 is 4.90 Å². The second-order valence-corrected chi connectivity index (χ2v) is 7.35. The molecule has 0 unspecified atom stereocenters. The second kappa shape index (κ2) is 6.12. The topological polar surface area (TPSA) is 3.24 Å². The smallest absolute Gasteiger partial charge is 0.0570 e. The van der Waals surface area contributed by atoms with Crippen LogP contribution in [0.15, 0.2) is 76.5 Å². The van der Waals surface area contributed by atoms with Gasteiger partial charge in [0.15, 0.2) is 0 Å². The van der Waals surface area contributed by atoms with Crippen LogP contribution in [0, 0.1) is 0 Å². The van der Waals surface area contributed by atoms with Crippen LogP contribution < -0.4 is 4.90 Å². The molecule has 0 N–H and O–H groups in total. The molecule has 4 heteroatoms. The van der Waals surface area contributed by atoms with Crippen molar-refractivity contribution in [2.24, 2.45) is 0 Å². The predicted molar refractivity (Wildman–Crippen MR) is 99.3 cm³/mol. The van der Waals surface area contributed by atoms with E-state index >= 15 is 0 Å². The lowest BCUT2D eigenvalue weighted by Gasteiger charge is -2.33. The monoisotopic (exact) mass is 357 g/mol. The summed E-state index contributed by atoms with van der Waals surface area (Å²) in [5.41, 5.74) is 3.51. The first-order valence-electron chi connectivity index (χ1n) is 7.29. The summed E-state index contributed by atoms with van der Waals surface area (Å²) in [6.07, 6.45) is 0. The van der Waals surface area contributed by atoms with E-state index in [2.05, 4.69) is 41.3 Å². The largest absolute Gasteiger partial charge is 0.335 e. The molecule has 0 fully saturated rings. The van der Waals surface area contributed by atoms with E-state index in [1.54, 1.807) is 11.8 Å². The normalized spacial score (nSPS) is 12.7. The van der Waals surface area contributed by atoms with Crippen molar-refractivity contribution in [3.63, 3.8) is 0 Å². The number of fused-ring (bicyclic) bond motifs is 2. The summed E-state index contributed by atoms with van der Waals surface area (Å²) in [5, 5.41) is 1.51. The maximum Gasteiger partial charge on any atom is 0.0570 e. The molecule has 0 saturated heterocycles. The Kier molecular flexibility index (Phi) is 3.98. The van der Waals surface area contributed by atoms with Crippen LogP contribution in [0.4, 0.5) is 11.4 Å². The molecule has 114 valence electrons. The van der Waals surface area contributed by atoms with Crippen molar-refractivity contribution < 1.29 is 0 Å². The van der Waals surface area contributed by atoms with Gasteiger partial charge >= 0.3 is 0 Å². The minimum absolute atomic E-state index is 0.750. The van der Waals surface area contributed by atoms with Crippen molar-refractivity contribution in [2.75, 3.05) is 4.90 Å². The molecule has 1 aliphatic heterocycles. The van der Waals surface area contributed by atoms with Gasteiger partial charge in [-0.2, -0.15) is 0 Å². The highest BCUT2D eigenvalue weighted by Gasteiger charge is 2.23. The van der Waals surface area contributed by atoms with Gasteiger partial charge in [-0.1, -0.05) is 59.2 Å². The SMILES string of the molecule is Clc1cccc(CN2c3ccccc3Sc3ccc(Cl)cc32)c1. The fraction of sp³-hybridized carbons (Fsp3) is 0.0526. The lowest BCUT2D eigenvalue weighted by Crippen LogP contribution is -2.20. The van der Waals surface area contributed by atoms with E-state index in [-0.39, 0.29) is 0 Å². The third kappa shape index (κ3) is 2.94. The van der Waals surface area contributed by atoms with Crippen LogP contribution in [-0.4, -0.2) is 0 Å². The Morgan fingerprint density at radius 1 is 0.739 bits per heavy atom. The molecule has 1 heterocycles. The van der Waals surface area contributed by atoms with Crippen molar-refractivity contribution in [3.8, 4) is 0 Å². The Bertz CT molecular complexity index is 879. The van der Waals surface area contributed by atoms with E-state index in [0.717, 1.165) is 22.3 Å². The van der Waals surface area contributed by atoms with Gasteiger partial charge in [-0.05, 0) is 48.0 Å². The van der Waals surface area contributed by atoms with Crippen LogP contribution in [0.1, 0.15) is 5.56 Å². The molecule has 1 aliphatic rings. The predicted octanol–water partition coefficient (Wildman–Crippen LogP) is 6.80. The van der Waals surface area contributed by atoms with E-state index in [4.69, 9.17) is 23.2 Å². The molecule has 0 radical (unpaired) electrons. The zero-order valence-electron chi connectivity index (χ0n) is 12.2. The Hall–Kier alpha value is -1.61. The van der Waals surface area contributed by atoms with Crippen molar-refractivity contribution in [2.45, 2.75) is 16.3 Å².